The number of azide groups is 1. The maximum absolute atomic E-state index is 8.38. The van der Waals surface area contributed by atoms with E-state index in [0.717, 1.165) is 42.5 Å². The first kappa shape index (κ1) is 17.6. The zero-order valence-electron chi connectivity index (χ0n) is 14.6. The third-order valence-corrected chi connectivity index (χ3v) is 5.05. The van der Waals surface area contributed by atoms with Crippen LogP contribution in [0.15, 0.2) is 41.8 Å². The van der Waals surface area contributed by atoms with E-state index in [-0.39, 0.29) is 6.04 Å². The Morgan fingerprint density at radius 1 is 1.41 bits per heavy atom. The molecule has 0 aliphatic carbocycles. The predicted octanol–water partition coefficient (Wildman–Crippen LogP) is 4.07. The molecule has 0 bridgehead atoms. The predicted molar refractivity (Wildman–Crippen MR) is 107 cm³/mol. The lowest BCUT2D eigenvalue weighted by Gasteiger charge is -2.16. The molecule has 2 N–H and O–H groups in total. The third kappa shape index (κ3) is 3.83. The summed E-state index contributed by atoms with van der Waals surface area (Å²) in [6, 6.07) is 8.32. The molecule has 0 spiro atoms. The minimum atomic E-state index is 0.257. The van der Waals surface area contributed by atoms with Gasteiger partial charge in [-0.15, -0.1) is 0 Å². The van der Waals surface area contributed by atoms with Gasteiger partial charge in [0, 0.05) is 59.8 Å². The third-order valence-electron chi connectivity index (χ3n) is 4.77. The van der Waals surface area contributed by atoms with Gasteiger partial charge in [0.05, 0.1) is 16.9 Å². The molecule has 8 nitrogen and oxygen atoms in total. The molecule has 0 amide bonds. The Morgan fingerprint density at radius 3 is 3.19 bits per heavy atom. The number of H-pyrrole nitrogens is 1. The van der Waals surface area contributed by atoms with Gasteiger partial charge in [-0.2, -0.15) is 0 Å². The molecule has 138 valence electrons. The summed E-state index contributed by atoms with van der Waals surface area (Å²) in [7, 11) is 0. The first-order valence-electron chi connectivity index (χ1n) is 8.83. The molecule has 0 unspecified atom stereocenters. The highest BCUT2D eigenvalue weighted by atomic mass is 35.5. The van der Waals surface area contributed by atoms with Crippen LogP contribution in [0.25, 0.3) is 32.6 Å². The SMILES string of the molecule is [N-]=[N+]=NCCN1CC[C@@H](Nc2ncc(Cl)c(-c3c[nH]c4ccccc34)n2)C1. The molecule has 1 aliphatic rings. The van der Waals surface area contributed by atoms with E-state index in [1.807, 2.05) is 30.5 Å². The second kappa shape index (κ2) is 7.84. The van der Waals surface area contributed by atoms with Crippen LogP contribution in [0, 0.1) is 0 Å². The summed E-state index contributed by atoms with van der Waals surface area (Å²) in [5.41, 5.74) is 11.1. The molecular formula is C18H19ClN8. The van der Waals surface area contributed by atoms with Crippen molar-refractivity contribution in [3.8, 4) is 11.3 Å². The van der Waals surface area contributed by atoms with Gasteiger partial charge in [-0.3, -0.25) is 0 Å². The van der Waals surface area contributed by atoms with Crippen molar-refractivity contribution in [2.75, 3.05) is 31.5 Å². The first-order valence-corrected chi connectivity index (χ1v) is 9.21. The summed E-state index contributed by atoms with van der Waals surface area (Å²) in [5.74, 6) is 0.571. The standard InChI is InChI=1S/C18H19ClN8/c19-15-10-22-18(24-12-5-7-27(11-12)8-6-23-26-20)25-17(15)14-9-21-16-4-2-1-3-13(14)16/h1-4,9-10,12,21H,5-8,11H2,(H,22,24,25)/t12-/m1/s1. The topological polar surface area (TPSA) is 106 Å². The molecule has 27 heavy (non-hydrogen) atoms. The fourth-order valence-electron chi connectivity index (χ4n) is 3.46. The minimum absolute atomic E-state index is 0.257. The normalized spacial score (nSPS) is 17.1. The Balaban J connectivity index is 1.51. The van der Waals surface area contributed by atoms with Crippen molar-refractivity contribution in [3.63, 3.8) is 0 Å². The van der Waals surface area contributed by atoms with Crippen LogP contribution in [0.2, 0.25) is 5.02 Å². The summed E-state index contributed by atoms with van der Waals surface area (Å²) in [6.07, 6.45) is 4.56. The van der Waals surface area contributed by atoms with E-state index in [4.69, 9.17) is 17.1 Å². The van der Waals surface area contributed by atoms with Crippen LogP contribution in [0.4, 0.5) is 5.95 Å². The van der Waals surface area contributed by atoms with Gasteiger partial charge in [-0.05, 0) is 18.0 Å². The van der Waals surface area contributed by atoms with Gasteiger partial charge >= 0.3 is 0 Å². The molecule has 3 heterocycles. The number of aromatic nitrogens is 3. The number of nitrogens with zero attached hydrogens (tertiary/aromatic N) is 6. The summed E-state index contributed by atoms with van der Waals surface area (Å²) in [6.45, 7) is 3.09. The van der Waals surface area contributed by atoms with Crippen molar-refractivity contribution < 1.29 is 0 Å². The van der Waals surface area contributed by atoms with Crippen molar-refractivity contribution in [1.82, 2.24) is 19.9 Å². The number of para-hydroxylation sites is 1. The van der Waals surface area contributed by atoms with Crippen LogP contribution in [0.5, 0.6) is 0 Å². The fourth-order valence-corrected chi connectivity index (χ4v) is 3.65. The maximum atomic E-state index is 8.38. The van der Waals surface area contributed by atoms with Crippen molar-refractivity contribution in [1.29, 1.82) is 0 Å². The van der Waals surface area contributed by atoms with Crippen molar-refractivity contribution in [2.45, 2.75) is 12.5 Å². The maximum Gasteiger partial charge on any atom is 0.223 e. The van der Waals surface area contributed by atoms with E-state index in [0.29, 0.717) is 23.2 Å². The smallest absolute Gasteiger partial charge is 0.223 e. The lowest BCUT2D eigenvalue weighted by Crippen LogP contribution is -2.28. The number of anilines is 1. The van der Waals surface area contributed by atoms with Gasteiger partial charge in [-0.1, -0.05) is 34.9 Å². The number of rotatable bonds is 6. The average Bonchev–Trinajstić information content (AvgIpc) is 3.30. The number of fused-ring (bicyclic) bond motifs is 1. The monoisotopic (exact) mass is 382 g/mol. The zero-order valence-corrected chi connectivity index (χ0v) is 15.4. The second-order valence-electron chi connectivity index (χ2n) is 6.52. The van der Waals surface area contributed by atoms with Gasteiger partial charge in [0.2, 0.25) is 5.95 Å². The van der Waals surface area contributed by atoms with Crippen LogP contribution in [0.3, 0.4) is 0 Å². The Labute approximate surface area is 161 Å². The van der Waals surface area contributed by atoms with Gasteiger partial charge in [0.25, 0.3) is 0 Å². The van der Waals surface area contributed by atoms with E-state index in [9.17, 15) is 0 Å². The molecule has 1 fully saturated rings. The van der Waals surface area contributed by atoms with Crippen molar-refractivity contribution >= 4 is 28.5 Å². The highest BCUT2D eigenvalue weighted by molar-refractivity contribution is 6.33. The summed E-state index contributed by atoms with van der Waals surface area (Å²) < 4.78 is 0. The lowest BCUT2D eigenvalue weighted by atomic mass is 10.1. The molecule has 1 aliphatic heterocycles. The largest absolute Gasteiger partial charge is 0.360 e. The molecule has 4 rings (SSSR count). The Bertz CT molecular complexity index is 994. The number of aromatic amines is 1. The quantitative estimate of drug-likeness (QED) is 0.380. The molecule has 0 radical (unpaired) electrons. The minimum Gasteiger partial charge on any atom is -0.360 e. The Hall–Kier alpha value is -2.80. The van der Waals surface area contributed by atoms with Gasteiger partial charge in [0.15, 0.2) is 0 Å². The van der Waals surface area contributed by atoms with Crippen molar-refractivity contribution in [2.24, 2.45) is 5.11 Å². The van der Waals surface area contributed by atoms with Crippen LogP contribution in [-0.2, 0) is 0 Å². The zero-order chi connectivity index (χ0) is 18.6. The first-order chi connectivity index (χ1) is 13.2. The molecule has 1 atom stereocenters. The van der Waals surface area contributed by atoms with E-state index in [2.05, 4.69) is 35.2 Å². The second-order valence-corrected chi connectivity index (χ2v) is 6.93. The number of benzene rings is 1. The molecule has 0 saturated carbocycles. The van der Waals surface area contributed by atoms with Crippen LogP contribution in [0.1, 0.15) is 6.42 Å². The fraction of sp³-hybridized carbons (Fsp3) is 0.333. The highest BCUT2D eigenvalue weighted by Gasteiger charge is 2.23. The molecule has 1 saturated heterocycles. The number of hydrogen-bond acceptors (Lipinski definition) is 5. The van der Waals surface area contributed by atoms with Crippen LogP contribution in [-0.4, -0.2) is 52.1 Å². The number of hydrogen-bond donors (Lipinski definition) is 2. The van der Waals surface area contributed by atoms with E-state index in [1.54, 1.807) is 6.20 Å². The van der Waals surface area contributed by atoms with Gasteiger partial charge < -0.3 is 15.2 Å². The number of halogens is 1. The Kier molecular flexibility index (Phi) is 5.11. The molecule has 1 aromatic carbocycles. The molecule has 3 aromatic rings. The summed E-state index contributed by atoms with van der Waals surface area (Å²) >= 11 is 6.38. The van der Waals surface area contributed by atoms with Crippen molar-refractivity contribution in [3.05, 3.63) is 52.1 Å². The van der Waals surface area contributed by atoms with Gasteiger partial charge in [0.1, 0.15) is 0 Å². The summed E-state index contributed by atoms with van der Waals surface area (Å²) in [4.78, 5) is 17.3. The lowest BCUT2D eigenvalue weighted by molar-refractivity contribution is 0.346. The van der Waals surface area contributed by atoms with Gasteiger partial charge in [-0.25, -0.2) is 9.97 Å². The van der Waals surface area contributed by atoms with E-state index in [1.165, 1.54) is 0 Å². The number of likely N-dealkylation sites (tertiary alicyclic amines) is 1. The van der Waals surface area contributed by atoms with E-state index < -0.39 is 0 Å². The van der Waals surface area contributed by atoms with Crippen LogP contribution >= 0.6 is 11.6 Å². The summed E-state index contributed by atoms with van der Waals surface area (Å²) in [5, 5.41) is 8.60. The number of nitrogens with one attached hydrogen (secondary N) is 2. The van der Waals surface area contributed by atoms with Crippen LogP contribution < -0.4 is 5.32 Å². The van der Waals surface area contributed by atoms with E-state index >= 15 is 0 Å². The average molecular weight is 383 g/mol. The molecular weight excluding hydrogens is 364 g/mol. The molecule has 9 heteroatoms. The molecule has 2 aromatic heterocycles. The Morgan fingerprint density at radius 2 is 2.30 bits per heavy atom. The highest BCUT2D eigenvalue weighted by Crippen LogP contribution is 2.32.